The lowest BCUT2D eigenvalue weighted by molar-refractivity contribution is -0.127. The van der Waals surface area contributed by atoms with E-state index < -0.39 is 0 Å². The van der Waals surface area contributed by atoms with Gasteiger partial charge in [0.15, 0.2) is 0 Å². The molecule has 0 atom stereocenters. The SMILES string of the molecule is CCOc1c(Br)cc(Br)cc1CNCCCN1CCCC1=O.Cl. The highest BCUT2D eigenvalue weighted by Crippen LogP contribution is 2.32. The molecular formula is C16H23Br2ClN2O2. The van der Waals surface area contributed by atoms with Gasteiger partial charge < -0.3 is 15.0 Å². The van der Waals surface area contributed by atoms with Gasteiger partial charge in [0, 0.05) is 36.1 Å². The molecule has 7 heteroatoms. The van der Waals surface area contributed by atoms with Crippen LogP contribution in [0.2, 0.25) is 0 Å². The zero-order valence-corrected chi connectivity index (χ0v) is 17.2. The number of rotatable bonds is 8. The molecule has 1 N–H and O–H groups in total. The second-order valence-corrected chi connectivity index (χ2v) is 7.09. The number of hydrogen-bond acceptors (Lipinski definition) is 3. The summed E-state index contributed by atoms with van der Waals surface area (Å²) >= 11 is 7.06. The Labute approximate surface area is 161 Å². The predicted molar refractivity (Wildman–Crippen MR) is 102 cm³/mol. The molecule has 1 fully saturated rings. The van der Waals surface area contributed by atoms with Gasteiger partial charge in [-0.1, -0.05) is 15.9 Å². The van der Waals surface area contributed by atoms with E-state index in [0.717, 1.165) is 65.7 Å². The number of nitrogens with zero attached hydrogens (tertiary/aromatic N) is 1. The molecule has 130 valence electrons. The van der Waals surface area contributed by atoms with E-state index in [1.54, 1.807) is 0 Å². The van der Waals surface area contributed by atoms with Crippen LogP contribution in [0.4, 0.5) is 0 Å². The number of likely N-dealkylation sites (tertiary alicyclic amines) is 1. The highest BCUT2D eigenvalue weighted by atomic mass is 79.9. The summed E-state index contributed by atoms with van der Waals surface area (Å²) in [6.07, 6.45) is 2.71. The van der Waals surface area contributed by atoms with Crippen LogP contribution in [0.3, 0.4) is 0 Å². The normalized spacial score (nSPS) is 14.0. The van der Waals surface area contributed by atoms with Gasteiger partial charge in [-0.3, -0.25) is 4.79 Å². The molecule has 1 aliphatic heterocycles. The Morgan fingerprint density at radius 1 is 1.35 bits per heavy atom. The van der Waals surface area contributed by atoms with E-state index in [1.807, 2.05) is 17.9 Å². The monoisotopic (exact) mass is 468 g/mol. The van der Waals surface area contributed by atoms with Crippen LogP contribution in [0.15, 0.2) is 21.1 Å². The van der Waals surface area contributed by atoms with Crippen LogP contribution in [0.1, 0.15) is 31.7 Å². The third kappa shape index (κ3) is 6.25. The van der Waals surface area contributed by atoms with Crippen LogP contribution in [-0.2, 0) is 11.3 Å². The average Bonchev–Trinajstić information content (AvgIpc) is 2.87. The number of benzene rings is 1. The molecule has 1 aromatic carbocycles. The standard InChI is InChI=1S/C16H22Br2N2O2.ClH/c1-2-22-16-12(9-13(17)10-14(16)18)11-19-6-4-8-20-7-3-5-15(20)21;/h9-10,19H,2-8,11H2,1H3;1H. The number of halogens is 3. The summed E-state index contributed by atoms with van der Waals surface area (Å²) in [6.45, 7) is 6.04. The van der Waals surface area contributed by atoms with E-state index in [-0.39, 0.29) is 12.4 Å². The second kappa shape index (κ2) is 10.5. The molecular weight excluding hydrogens is 447 g/mol. The van der Waals surface area contributed by atoms with Gasteiger partial charge in [0.05, 0.1) is 11.1 Å². The topological polar surface area (TPSA) is 41.6 Å². The van der Waals surface area contributed by atoms with Crippen molar-refractivity contribution in [3.05, 3.63) is 26.6 Å². The van der Waals surface area contributed by atoms with Crippen LogP contribution in [0, 0.1) is 0 Å². The molecule has 4 nitrogen and oxygen atoms in total. The number of hydrogen-bond donors (Lipinski definition) is 1. The molecule has 1 aromatic rings. The highest BCUT2D eigenvalue weighted by molar-refractivity contribution is 9.11. The van der Waals surface area contributed by atoms with Gasteiger partial charge in [0.25, 0.3) is 0 Å². The lowest BCUT2D eigenvalue weighted by Gasteiger charge is -2.16. The molecule has 0 spiro atoms. The molecule has 2 rings (SSSR count). The van der Waals surface area contributed by atoms with Crippen molar-refractivity contribution in [1.29, 1.82) is 0 Å². The van der Waals surface area contributed by atoms with Gasteiger partial charge in [-0.25, -0.2) is 0 Å². The Morgan fingerprint density at radius 2 is 2.13 bits per heavy atom. The fourth-order valence-electron chi connectivity index (χ4n) is 2.61. The van der Waals surface area contributed by atoms with Crippen LogP contribution < -0.4 is 10.1 Å². The van der Waals surface area contributed by atoms with Crippen molar-refractivity contribution in [3.8, 4) is 5.75 Å². The first kappa shape index (κ1) is 20.7. The Balaban J connectivity index is 0.00000264. The fraction of sp³-hybridized carbons (Fsp3) is 0.562. The number of amides is 1. The van der Waals surface area contributed by atoms with Crippen molar-refractivity contribution in [1.82, 2.24) is 10.2 Å². The van der Waals surface area contributed by atoms with Crippen molar-refractivity contribution in [2.24, 2.45) is 0 Å². The Hall–Kier alpha value is -0.300. The van der Waals surface area contributed by atoms with Gasteiger partial charge >= 0.3 is 0 Å². The van der Waals surface area contributed by atoms with E-state index in [2.05, 4.69) is 43.2 Å². The van der Waals surface area contributed by atoms with Gasteiger partial charge in [-0.05, 0) is 54.4 Å². The predicted octanol–water partition coefficient (Wildman–Crippen LogP) is 4.13. The maximum Gasteiger partial charge on any atom is 0.222 e. The van der Waals surface area contributed by atoms with E-state index >= 15 is 0 Å². The van der Waals surface area contributed by atoms with Gasteiger partial charge in [-0.15, -0.1) is 12.4 Å². The summed E-state index contributed by atoms with van der Waals surface area (Å²) < 4.78 is 7.71. The summed E-state index contributed by atoms with van der Waals surface area (Å²) in [5, 5.41) is 3.43. The number of ether oxygens (including phenoxy) is 1. The molecule has 1 aliphatic rings. The van der Waals surface area contributed by atoms with E-state index in [1.165, 1.54) is 0 Å². The Bertz CT molecular complexity index is 529. The molecule has 0 aromatic heterocycles. The molecule has 0 bridgehead atoms. The minimum Gasteiger partial charge on any atom is -0.492 e. The largest absolute Gasteiger partial charge is 0.492 e. The maximum absolute atomic E-state index is 11.5. The number of carbonyl (C=O) groups is 1. The van der Waals surface area contributed by atoms with E-state index in [4.69, 9.17) is 4.74 Å². The van der Waals surface area contributed by atoms with Crippen LogP contribution in [-0.4, -0.2) is 37.0 Å². The maximum atomic E-state index is 11.5. The first-order valence-corrected chi connectivity index (χ1v) is 9.29. The van der Waals surface area contributed by atoms with E-state index in [9.17, 15) is 4.79 Å². The first-order valence-electron chi connectivity index (χ1n) is 7.71. The smallest absolute Gasteiger partial charge is 0.222 e. The molecule has 0 saturated carbocycles. The van der Waals surface area contributed by atoms with Crippen LogP contribution in [0.25, 0.3) is 0 Å². The lowest BCUT2D eigenvalue weighted by Crippen LogP contribution is -2.28. The molecule has 0 aliphatic carbocycles. The summed E-state index contributed by atoms with van der Waals surface area (Å²) in [4.78, 5) is 13.5. The van der Waals surface area contributed by atoms with Crippen molar-refractivity contribution in [2.45, 2.75) is 32.7 Å². The third-order valence-corrected chi connectivity index (χ3v) is 4.69. The highest BCUT2D eigenvalue weighted by Gasteiger charge is 2.18. The van der Waals surface area contributed by atoms with Crippen molar-refractivity contribution >= 4 is 50.2 Å². The van der Waals surface area contributed by atoms with Crippen molar-refractivity contribution < 1.29 is 9.53 Å². The van der Waals surface area contributed by atoms with Gasteiger partial charge in [-0.2, -0.15) is 0 Å². The molecule has 0 radical (unpaired) electrons. The molecule has 1 saturated heterocycles. The molecule has 1 heterocycles. The van der Waals surface area contributed by atoms with Gasteiger partial charge in [0.2, 0.25) is 5.91 Å². The molecule has 1 amide bonds. The number of nitrogens with one attached hydrogen (secondary N) is 1. The van der Waals surface area contributed by atoms with Crippen molar-refractivity contribution in [3.63, 3.8) is 0 Å². The fourth-order valence-corrected chi connectivity index (χ4v) is 4.04. The first-order chi connectivity index (χ1) is 10.6. The summed E-state index contributed by atoms with van der Waals surface area (Å²) in [5.41, 5.74) is 1.13. The Morgan fingerprint density at radius 3 is 2.78 bits per heavy atom. The molecule has 0 unspecified atom stereocenters. The van der Waals surface area contributed by atoms with Gasteiger partial charge in [0.1, 0.15) is 5.75 Å². The van der Waals surface area contributed by atoms with E-state index in [0.29, 0.717) is 12.5 Å². The minimum atomic E-state index is 0. The summed E-state index contributed by atoms with van der Waals surface area (Å²) in [6, 6.07) is 4.07. The van der Waals surface area contributed by atoms with Crippen LogP contribution in [0.5, 0.6) is 5.75 Å². The van der Waals surface area contributed by atoms with Crippen LogP contribution >= 0.6 is 44.3 Å². The molecule has 23 heavy (non-hydrogen) atoms. The summed E-state index contributed by atoms with van der Waals surface area (Å²) in [7, 11) is 0. The Kier molecular flexibility index (Phi) is 9.51. The van der Waals surface area contributed by atoms with Crippen molar-refractivity contribution in [2.75, 3.05) is 26.2 Å². The second-order valence-electron chi connectivity index (χ2n) is 5.32. The zero-order valence-electron chi connectivity index (χ0n) is 13.2. The third-order valence-electron chi connectivity index (χ3n) is 3.64. The lowest BCUT2D eigenvalue weighted by atomic mass is 10.2. The summed E-state index contributed by atoms with van der Waals surface area (Å²) in [5.74, 6) is 1.20. The number of carbonyl (C=O) groups excluding carboxylic acids is 1. The minimum absolute atomic E-state index is 0. The quantitative estimate of drug-likeness (QED) is 0.581. The zero-order chi connectivity index (χ0) is 15.9. The average molecular weight is 471 g/mol.